The fourth-order valence-corrected chi connectivity index (χ4v) is 1.18. The number of hydrogen-bond acceptors (Lipinski definition) is 2. The van der Waals surface area contributed by atoms with Gasteiger partial charge in [-0.15, -0.1) is 0 Å². The molecule has 0 aliphatic carbocycles. The van der Waals surface area contributed by atoms with Crippen molar-refractivity contribution in [3.05, 3.63) is 29.3 Å². The summed E-state index contributed by atoms with van der Waals surface area (Å²) in [4.78, 5) is 0. The zero-order chi connectivity index (χ0) is 11.5. The fourth-order valence-electron chi connectivity index (χ4n) is 1.18. The maximum Gasteiger partial charge on any atom is 0.419 e. The molecule has 1 aromatic carbocycles. The van der Waals surface area contributed by atoms with Crippen molar-refractivity contribution in [1.29, 1.82) is 5.26 Å². The summed E-state index contributed by atoms with van der Waals surface area (Å²) in [6, 6.07) is 5.38. The van der Waals surface area contributed by atoms with E-state index < -0.39 is 11.7 Å². The van der Waals surface area contributed by atoms with E-state index in [9.17, 15) is 13.2 Å². The summed E-state index contributed by atoms with van der Waals surface area (Å²) < 4.78 is 42.1. The van der Waals surface area contributed by atoms with Gasteiger partial charge in [0.25, 0.3) is 0 Å². The van der Waals surface area contributed by atoms with Gasteiger partial charge in [0, 0.05) is 0 Å². The highest BCUT2D eigenvalue weighted by Crippen LogP contribution is 2.36. The number of methoxy groups -OCH3 is 1. The first-order chi connectivity index (χ1) is 6.99. The second-order valence-electron chi connectivity index (χ2n) is 2.87. The van der Waals surface area contributed by atoms with Crippen LogP contribution in [0.1, 0.15) is 11.1 Å². The highest BCUT2D eigenvalue weighted by Gasteiger charge is 2.34. The van der Waals surface area contributed by atoms with Gasteiger partial charge in [0.1, 0.15) is 5.75 Å². The molecule has 0 unspecified atom stereocenters. The maximum absolute atomic E-state index is 12.5. The molecule has 0 fully saturated rings. The van der Waals surface area contributed by atoms with Crippen molar-refractivity contribution in [2.45, 2.75) is 12.6 Å². The van der Waals surface area contributed by atoms with Gasteiger partial charge in [-0.3, -0.25) is 0 Å². The third-order valence-electron chi connectivity index (χ3n) is 1.85. The topological polar surface area (TPSA) is 33.0 Å². The molecule has 0 heterocycles. The molecule has 5 heteroatoms. The SMILES string of the molecule is COc1ccc(CC#N)cc1C(F)(F)F. The molecule has 0 amide bonds. The van der Waals surface area contributed by atoms with Crippen LogP contribution in [-0.2, 0) is 12.6 Å². The van der Waals surface area contributed by atoms with Crippen LogP contribution >= 0.6 is 0 Å². The Morgan fingerprint density at radius 1 is 1.40 bits per heavy atom. The predicted molar refractivity (Wildman–Crippen MR) is 47.3 cm³/mol. The molecular formula is C10H8F3NO. The van der Waals surface area contributed by atoms with Crippen LogP contribution in [0.4, 0.5) is 13.2 Å². The van der Waals surface area contributed by atoms with Crippen molar-refractivity contribution in [2.75, 3.05) is 7.11 Å². The molecule has 0 spiro atoms. The molecule has 0 saturated carbocycles. The lowest BCUT2D eigenvalue weighted by molar-refractivity contribution is -0.138. The van der Waals surface area contributed by atoms with Gasteiger partial charge < -0.3 is 4.74 Å². The summed E-state index contributed by atoms with van der Waals surface area (Å²) in [5, 5.41) is 8.38. The van der Waals surface area contributed by atoms with Crippen molar-refractivity contribution >= 4 is 0 Å². The maximum atomic E-state index is 12.5. The Kier molecular flexibility index (Phi) is 3.20. The summed E-state index contributed by atoms with van der Waals surface area (Å²) in [5.74, 6) is -0.232. The van der Waals surface area contributed by atoms with Gasteiger partial charge in [0.2, 0.25) is 0 Å². The van der Waals surface area contributed by atoms with E-state index in [4.69, 9.17) is 5.26 Å². The summed E-state index contributed by atoms with van der Waals surface area (Å²) in [5.41, 5.74) is -0.525. The number of benzene rings is 1. The van der Waals surface area contributed by atoms with E-state index in [0.29, 0.717) is 5.56 Å². The number of rotatable bonds is 2. The zero-order valence-corrected chi connectivity index (χ0v) is 7.93. The molecule has 0 bridgehead atoms. The van der Waals surface area contributed by atoms with E-state index in [1.54, 1.807) is 6.07 Å². The lowest BCUT2D eigenvalue weighted by Gasteiger charge is -2.12. The molecule has 1 rings (SSSR count). The molecule has 1 aromatic rings. The van der Waals surface area contributed by atoms with Crippen LogP contribution < -0.4 is 4.74 Å². The number of nitrogens with zero attached hydrogens (tertiary/aromatic N) is 1. The summed E-state index contributed by atoms with van der Waals surface area (Å²) >= 11 is 0. The van der Waals surface area contributed by atoms with Crippen LogP contribution in [0.15, 0.2) is 18.2 Å². The highest BCUT2D eigenvalue weighted by atomic mass is 19.4. The smallest absolute Gasteiger partial charge is 0.419 e. The van der Waals surface area contributed by atoms with Gasteiger partial charge in [-0.2, -0.15) is 18.4 Å². The van der Waals surface area contributed by atoms with E-state index in [2.05, 4.69) is 4.74 Å². The zero-order valence-electron chi connectivity index (χ0n) is 7.93. The molecule has 0 aliphatic heterocycles. The third kappa shape index (κ3) is 2.62. The first-order valence-electron chi connectivity index (χ1n) is 4.10. The van der Waals surface area contributed by atoms with E-state index in [-0.39, 0.29) is 12.2 Å². The molecule has 0 N–H and O–H groups in total. The monoisotopic (exact) mass is 215 g/mol. The van der Waals surface area contributed by atoms with Gasteiger partial charge in [-0.25, -0.2) is 0 Å². The van der Waals surface area contributed by atoms with Crippen molar-refractivity contribution in [2.24, 2.45) is 0 Å². The average molecular weight is 215 g/mol. The lowest BCUT2D eigenvalue weighted by atomic mass is 10.1. The first kappa shape index (κ1) is 11.4. The highest BCUT2D eigenvalue weighted by molar-refractivity contribution is 5.40. The number of alkyl halides is 3. The largest absolute Gasteiger partial charge is 0.496 e. The Bertz CT molecular complexity index is 393. The Balaban J connectivity index is 3.21. The lowest BCUT2D eigenvalue weighted by Crippen LogP contribution is -2.08. The molecule has 0 aliphatic rings. The minimum atomic E-state index is -4.46. The summed E-state index contributed by atoms with van der Waals surface area (Å²) in [6.07, 6.45) is -4.51. The number of ether oxygens (including phenoxy) is 1. The van der Waals surface area contributed by atoms with Crippen molar-refractivity contribution in [3.8, 4) is 11.8 Å². The van der Waals surface area contributed by atoms with Gasteiger partial charge >= 0.3 is 6.18 Å². The van der Waals surface area contributed by atoms with Gasteiger partial charge in [0.15, 0.2) is 0 Å². The van der Waals surface area contributed by atoms with Crippen LogP contribution in [0, 0.1) is 11.3 Å². The van der Waals surface area contributed by atoms with E-state index in [0.717, 1.165) is 6.07 Å². The average Bonchev–Trinajstić information content (AvgIpc) is 2.17. The van der Waals surface area contributed by atoms with Crippen molar-refractivity contribution in [3.63, 3.8) is 0 Å². The fraction of sp³-hybridized carbons (Fsp3) is 0.300. The number of hydrogen-bond donors (Lipinski definition) is 0. The van der Waals surface area contributed by atoms with Crippen molar-refractivity contribution < 1.29 is 17.9 Å². The minimum absolute atomic E-state index is 0.0485. The molecular weight excluding hydrogens is 207 g/mol. The van der Waals surface area contributed by atoms with Gasteiger partial charge in [-0.1, -0.05) is 6.07 Å². The van der Waals surface area contributed by atoms with Gasteiger partial charge in [-0.05, 0) is 17.7 Å². The number of halogens is 3. The Morgan fingerprint density at radius 3 is 2.53 bits per heavy atom. The normalized spacial score (nSPS) is 10.9. The van der Waals surface area contributed by atoms with E-state index in [1.807, 2.05) is 0 Å². The van der Waals surface area contributed by atoms with Crippen LogP contribution in [0.5, 0.6) is 5.75 Å². The second kappa shape index (κ2) is 4.22. The van der Waals surface area contributed by atoms with Crippen LogP contribution in [-0.4, -0.2) is 7.11 Å². The molecule has 80 valence electrons. The minimum Gasteiger partial charge on any atom is -0.496 e. The molecule has 0 atom stereocenters. The first-order valence-corrected chi connectivity index (χ1v) is 4.10. The Hall–Kier alpha value is -1.70. The van der Waals surface area contributed by atoms with E-state index in [1.165, 1.54) is 19.2 Å². The Morgan fingerprint density at radius 2 is 2.07 bits per heavy atom. The van der Waals surface area contributed by atoms with Crippen LogP contribution in [0.3, 0.4) is 0 Å². The third-order valence-corrected chi connectivity index (χ3v) is 1.85. The van der Waals surface area contributed by atoms with Crippen molar-refractivity contribution in [1.82, 2.24) is 0 Å². The second-order valence-corrected chi connectivity index (χ2v) is 2.87. The Labute approximate surface area is 84.9 Å². The van der Waals surface area contributed by atoms with Crippen LogP contribution in [0.25, 0.3) is 0 Å². The summed E-state index contributed by atoms with van der Waals surface area (Å²) in [7, 11) is 1.18. The predicted octanol–water partition coefficient (Wildman–Crippen LogP) is 2.78. The quantitative estimate of drug-likeness (QED) is 0.759. The molecule has 0 radical (unpaired) electrons. The molecule has 0 saturated heterocycles. The summed E-state index contributed by atoms with van der Waals surface area (Å²) in [6.45, 7) is 0. The van der Waals surface area contributed by atoms with E-state index >= 15 is 0 Å². The van der Waals surface area contributed by atoms with Crippen LogP contribution in [0.2, 0.25) is 0 Å². The molecule has 2 nitrogen and oxygen atoms in total. The number of nitriles is 1. The molecule has 0 aromatic heterocycles. The standard InChI is InChI=1S/C10H8F3NO/c1-15-9-3-2-7(4-5-14)6-8(9)10(11,12)13/h2-3,6H,4H2,1H3. The molecule has 15 heavy (non-hydrogen) atoms. The van der Waals surface area contributed by atoms with Gasteiger partial charge in [0.05, 0.1) is 25.2 Å².